The van der Waals surface area contributed by atoms with Crippen LogP contribution >= 0.6 is 0 Å². The number of hydrogen-bond donors (Lipinski definition) is 1. The fraction of sp³-hybridized carbons (Fsp3) is 0.348. The average molecular weight is 344 g/mol. The van der Waals surface area contributed by atoms with Crippen LogP contribution in [-0.4, -0.2) is 27.1 Å². The number of pyridine rings is 1. The van der Waals surface area contributed by atoms with E-state index in [-0.39, 0.29) is 0 Å². The standard InChI is InChI=1S/C23H24N2O/c26-23(20-7-6-19-15-24-11-10-18(19)12-20)13-21-8-9-22(14-23)25(21)16-17-4-2-1-3-5-17/h1-7,10-12,15,21-22,26H,8-9,13-14,16H2. The van der Waals surface area contributed by atoms with E-state index < -0.39 is 5.60 Å². The Morgan fingerprint density at radius 2 is 1.73 bits per heavy atom. The van der Waals surface area contributed by atoms with Gasteiger partial charge in [0.25, 0.3) is 0 Å². The molecule has 3 aromatic rings. The number of rotatable bonds is 3. The van der Waals surface area contributed by atoms with Crippen molar-refractivity contribution in [3.63, 3.8) is 0 Å². The van der Waals surface area contributed by atoms with E-state index in [1.54, 1.807) is 0 Å². The summed E-state index contributed by atoms with van der Waals surface area (Å²) in [5.41, 5.74) is 1.72. The number of benzene rings is 2. The van der Waals surface area contributed by atoms with Crippen LogP contribution in [0.15, 0.2) is 67.0 Å². The molecule has 3 heterocycles. The first kappa shape index (κ1) is 16.0. The van der Waals surface area contributed by atoms with Crippen molar-refractivity contribution >= 4 is 10.8 Å². The van der Waals surface area contributed by atoms with Crippen LogP contribution in [0.4, 0.5) is 0 Å². The number of fused-ring (bicyclic) bond motifs is 3. The molecule has 2 aliphatic rings. The number of aliphatic hydroxyl groups is 1. The summed E-state index contributed by atoms with van der Waals surface area (Å²) < 4.78 is 0. The minimum atomic E-state index is -0.712. The molecule has 0 saturated carbocycles. The molecule has 26 heavy (non-hydrogen) atoms. The van der Waals surface area contributed by atoms with Crippen LogP contribution in [0.3, 0.4) is 0 Å². The summed E-state index contributed by atoms with van der Waals surface area (Å²) in [5.74, 6) is 0. The van der Waals surface area contributed by atoms with Crippen molar-refractivity contribution in [2.24, 2.45) is 0 Å². The highest BCUT2D eigenvalue weighted by molar-refractivity contribution is 5.82. The molecule has 5 rings (SSSR count). The number of piperidine rings is 1. The Morgan fingerprint density at radius 1 is 0.962 bits per heavy atom. The molecule has 3 nitrogen and oxygen atoms in total. The van der Waals surface area contributed by atoms with Crippen LogP contribution in [0.5, 0.6) is 0 Å². The number of hydrogen-bond acceptors (Lipinski definition) is 3. The third kappa shape index (κ3) is 2.72. The van der Waals surface area contributed by atoms with Gasteiger partial charge in [0.2, 0.25) is 0 Å². The Kier molecular flexibility index (Phi) is 3.80. The smallest absolute Gasteiger partial charge is 0.0926 e. The van der Waals surface area contributed by atoms with Crippen molar-refractivity contribution in [3.05, 3.63) is 78.1 Å². The van der Waals surface area contributed by atoms with E-state index in [2.05, 4.69) is 58.4 Å². The molecule has 0 amide bonds. The van der Waals surface area contributed by atoms with Gasteiger partial charge in [-0.3, -0.25) is 9.88 Å². The van der Waals surface area contributed by atoms with Crippen molar-refractivity contribution in [2.75, 3.05) is 0 Å². The van der Waals surface area contributed by atoms with Gasteiger partial charge in [0.1, 0.15) is 0 Å². The van der Waals surface area contributed by atoms with Gasteiger partial charge in [0.15, 0.2) is 0 Å². The first-order chi connectivity index (χ1) is 12.7. The summed E-state index contributed by atoms with van der Waals surface area (Å²) in [7, 11) is 0. The van der Waals surface area contributed by atoms with Crippen LogP contribution in [0, 0.1) is 0 Å². The van der Waals surface area contributed by atoms with Gasteiger partial charge >= 0.3 is 0 Å². The maximum atomic E-state index is 11.5. The first-order valence-corrected chi connectivity index (χ1v) is 9.58. The fourth-order valence-corrected chi connectivity index (χ4v) is 4.98. The van der Waals surface area contributed by atoms with E-state index in [1.165, 1.54) is 18.4 Å². The van der Waals surface area contributed by atoms with E-state index in [0.29, 0.717) is 12.1 Å². The highest BCUT2D eigenvalue weighted by Gasteiger charge is 2.48. The van der Waals surface area contributed by atoms with Crippen LogP contribution < -0.4 is 0 Å². The lowest BCUT2D eigenvalue weighted by Gasteiger charge is -2.44. The average Bonchev–Trinajstić information content (AvgIpc) is 2.92. The monoisotopic (exact) mass is 344 g/mol. The molecule has 2 bridgehead atoms. The molecule has 0 spiro atoms. The molecular formula is C23H24N2O. The van der Waals surface area contributed by atoms with E-state index in [9.17, 15) is 5.11 Å². The van der Waals surface area contributed by atoms with E-state index in [0.717, 1.165) is 35.7 Å². The molecule has 1 N–H and O–H groups in total. The lowest BCUT2D eigenvalue weighted by Crippen LogP contribution is -2.49. The van der Waals surface area contributed by atoms with E-state index in [1.807, 2.05) is 18.5 Å². The third-order valence-electron chi connectivity index (χ3n) is 6.30. The Labute approximate surface area is 154 Å². The highest BCUT2D eigenvalue weighted by atomic mass is 16.3. The van der Waals surface area contributed by atoms with Gasteiger partial charge in [-0.1, -0.05) is 42.5 Å². The van der Waals surface area contributed by atoms with Gasteiger partial charge < -0.3 is 5.11 Å². The van der Waals surface area contributed by atoms with E-state index >= 15 is 0 Å². The zero-order chi connectivity index (χ0) is 17.6. The molecule has 2 saturated heterocycles. The molecule has 2 aliphatic heterocycles. The summed E-state index contributed by atoms with van der Waals surface area (Å²) >= 11 is 0. The molecule has 2 aromatic carbocycles. The lowest BCUT2D eigenvalue weighted by molar-refractivity contribution is -0.0594. The number of aromatic nitrogens is 1. The van der Waals surface area contributed by atoms with Gasteiger partial charge in [-0.25, -0.2) is 0 Å². The van der Waals surface area contributed by atoms with Gasteiger partial charge in [-0.2, -0.15) is 0 Å². The summed E-state index contributed by atoms with van der Waals surface area (Å²) in [6, 6.07) is 20.0. The Balaban J connectivity index is 1.42. The zero-order valence-electron chi connectivity index (χ0n) is 14.9. The zero-order valence-corrected chi connectivity index (χ0v) is 14.9. The van der Waals surface area contributed by atoms with Crippen molar-refractivity contribution in [3.8, 4) is 0 Å². The second-order valence-electron chi connectivity index (χ2n) is 7.92. The van der Waals surface area contributed by atoms with Crippen LogP contribution in [0.1, 0.15) is 36.8 Å². The number of nitrogens with zero attached hydrogens (tertiary/aromatic N) is 2. The largest absolute Gasteiger partial charge is 0.385 e. The van der Waals surface area contributed by atoms with Gasteiger partial charge in [-0.05, 0) is 54.3 Å². The van der Waals surface area contributed by atoms with Gasteiger partial charge in [-0.15, -0.1) is 0 Å². The minimum Gasteiger partial charge on any atom is -0.385 e. The van der Waals surface area contributed by atoms with Crippen LogP contribution in [-0.2, 0) is 12.1 Å². The topological polar surface area (TPSA) is 36.4 Å². The highest BCUT2D eigenvalue weighted by Crippen LogP contribution is 2.46. The molecular weight excluding hydrogens is 320 g/mol. The fourth-order valence-electron chi connectivity index (χ4n) is 4.98. The van der Waals surface area contributed by atoms with Crippen LogP contribution in [0.25, 0.3) is 10.8 Å². The second kappa shape index (κ2) is 6.19. The predicted octanol–water partition coefficient (Wildman–Crippen LogP) is 4.25. The predicted molar refractivity (Wildman–Crippen MR) is 104 cm³/mol. The molecule has 132 valence electrons. The summed E-state index contributed by atoms with van der Waals surface area (Å²) in [6.07, 6.45) is 7.74. The lowest BCUT2D eigenvalue weighted by atomic mass is 9.80. The van der Waals surface area contributed by atoms with Crippen molar-refractivity contribution in [1.82, 2.24) is 9.88 Å². The Hall–Kier alpha value is -2.23. The molecule has 2 unspecified atom stereocenters. The maximum Gasteiger partial charge on any atom is 0.0926 e. The molecule has 2 fully saturated rings. The van der Waals surface area contributed by atoms with Crippen molar-refractivity contribution < 1.29 is 5.11 Å². The Bertz CT molecular complexity index is 910. The molecule has 3 heteroatoms. The molecule has 2 atom stereocenters. The maximum absolute atomic E-state index is 11.5. The SMILES string of the molecule is OC1(c2ccc3cnccc3c2)CC2CCC(C1)N2Cc1ccccc1. The van der Waals surface area contributed by atoms with Gasteiger partial charge in [0, 0.05) is 36.4 Å². The van der Waals surface area contributed by atoms with Crippen LogP contribution in [0.2, 0.25) is 0 Å². The summed E-state index contributed by atoms with van der Waals surface area (Å²) in [4.78, 5) is 6.81. The minimum absolute atomic E-state index is 0.465. The summed E-state index contributed by atoms with van der Waals surface area (Å²) in [5, 5.41) is 13.8. The van der Waals surface area contributed by atoms with Crippen molar-refractivity contribution in [2.45, 2.75) is 49.9 Å². The quantitative estimate of drug-likeness (QED) is 0.772. The van der Waals surface area contributed by atoms with E-state index in [4.69, 9.17) is 0 Å². The first-order valence-electron chi connectivity index (χ1n) is 9.58. The normalized spacial score (nSPS) is 28.5. The third-order valence-corrected chi connectivity index (χ3v) is 6.30. The Morgan fingerprint density at radius 3 is 2.50 bits per heavy atom. The summed E-state index contributed by atoms with van der Waals surface area (Å²) in [6.45, 7) is 0.996. The second-order valence-corrected chi connectivity index (χ2v) is 7.92. The molecule has 0 aliphatic carbocycles. The van der Waals surface area contributed by atoms with Gasteiger partial charge in [0.05, 0.1) is 5.60 Å². The molecule has 1 aromatic heterocycles. The molecule has 0 radical (unpaired) electrons. The van der Waals surface area contributed by atoms with Crippen molar-refractivity contribution in [1.29, 1.82) is 0 Å².